The van der Waals surface area contributed by atoms with E-state index >= 15 is 0 Å². The summed E-state index contributed by atoms with van der Waals surface area (Å²) in [6.45, 7) is 3.31. The molecule has 0 aromatic heterocycles. The number of allylic oxidation sites excluding steroid dienone is 1. The monoisotopic (exact) mass is 655 g/mol. The fourth-order valence-corrected chi connectivity index (χ4v) is 9.24. The second kappa shape index (κ2) is 13.0. The van der Waals surface area contributed by atoms with Crippen molar-refractivity contribution < 1.29 is 53.9 Å². The summed E-state index contributed by atoms with van der Waals surface area (Å²) < 4.78 is 9.96. The number of aromatic hydroxyl groups is 2. The van der Waals surface area contributed by atoms with Crippen molar-refractivity contribution in [2.24, 2.45) is 28.6 Å². The van der Waals surface area contributed by atoms with Crippen LogP contribution in [0.1, 0.15) is 77.2 Å². The zero-order chi connectivity index (χ0) is 34.3. The highest BCUT2D eigenvalue weighted by Gasteiger charge is 2.68. The molecule has 1 aromatic carbocycles. The Hall–Kier alpha value is -3.77. The Kier molecular flexibility index (Phi) is 9.58. The number of nitrogens with one attached hydrogen (secondary N) is 1. The molecule has 256 valence electrons. The predicted molar refractivity (Wildman–Crippen MR) is 166 cm³/mol. The van der Waals surface area contributed by atoms with Gasteiger partial charge in [0.2, 0.25) is 11.7 Å². The minimum atomic E-state index is -1.79. The van der Waals surface area contributed by atoms with Gasteiger partial charge in [-0.15, -0.1) is 0 Å². The Morgan fingerprint density at radius 1 is 1.04 bits per heavy atom. The molecule has 5 unspecified atom stereocenters. The molecule has 0 radical (unpaired) electrons. The Morgan fingerprint density at radius 3 is 2.49 bits per heavy atom. The van der Waals surface area contributed by atoms with Crippen molar-refractivity contribution in [2.75, 3.05) is 13.7 Å². The fraction of sp³-hybridized carbons (Fsp3) is 0.629. The van der Waals surface area contributed by atoms with Gasteiger partial charge < -0.3 is 35.2 Å². The van der Waals surface area contributed by atoms with Crippen molar-refractivity contribution in [1.82, 2.24) is 5.32 Å². The number of methoxy groups -OCH3 is 1. The normalized spacial score (nSPS) is 33.4. The molecule has 0 heterocycles. The fourth-order valence-electron chi connectivity index (χ4n) is 9.24. The first-order chi connectivity index (χ1) is 22.1. The van der Waals surface area contributed by atoms with E-state index in [1.54, 1.807) is 6.08 Å². The average Bonchev–Trinajstić information content (AvgIpc) is 3.30. The number of benzene rings is 1. The second-order valence-corrected chi connectivity index (χ2v) is 14.2. The lowest BCUT2D eigenvalue weighted by molar-refractivity contribution is -0.184. The van der Waals surface area contributed by atoms with Crippen molar-refractivity contribution in [3.8, 4) is 11.5 Å². The van der Waals surface area contributed by atoms with Gasteiger partial charge >= 0.3 is 11.9 Å². The van der Waals surface area contributed by atoms with E-state index in [0.29, 0.717) is 24.8 Å². The standard InChI is InChI=1S/C35H45NO11/c1-33-12-10-21(37)16-20(33)5-6-22-23-11-13-35(45,34(23,2)17-27(40)31(22)33)28(41)18-47-30(43)9-8-29(42)36-24(32(44)46-3)14-19-4-7-25(38)26(39)15-19/h4,7,15-16,22-24,27,31,38-40,45H,5-6,8-14,17-18H2,1-3H3,(H,36,42)/t22?,23?,24?,27?,31?,33-,34-,35-/m0/s1. The molecule has 3 saturated carbocycles. The molecular weight excluding hydrogens is 610 g/mol. The van der Waals surface area contributed by atoms with Crippen LogP contribution in [-0.2, 0) is 39.9 Å². The van der Waals surface area contributed by atoms with Gasteiger partial charge in [-0.3, -0.25) is 19.2 Å². The van der Waals surface area contributed by atoms with Crippen molar-refractivity contribution in [3.05, 3.63) is 35.4 Å². The zero-order valence-corrected chi connectivity index (χ0v) is 27.1. The Labute approximate surface area is 273 Å². The van der Waals surface area contributed by atoms with E-state index in [9.17, 15) is 44.4 Å². The van der Waals surface area contributed by atoms with Gasteiger partial charge in [0, 0.05) is 24.7 Å². The Morgan fingerprint density at radius 2 is 1.79 bits per heavy atom. The van der Waals surface area contributed by atoms with E-state index in [1.165, 1.54) is 18.2 Å². The number of hydrogen-bond donors (Lipinski definition) is 5. The molecule has 12 heteroatoms. The molecule has 0 bridgehead atoms. The van der Waals surface area contributed by atoms with Crippen molar-refractivity contribution in [1.29, 1.82) is 0 Å². The smallest absolute Gasteiger partial charge is 0.328 e. The lowest BCUT2D eigenvalue weighted by Crippen LogP contribution is -2.62. The lowest BCUT2D eigenvalue weighted by atomic mass is 9.45. The van der Waals surface area contributed by atoms with Crippen LogP contribution in [0.3, 0.4) is 0 Å². The summed E-state index contributed by atoms with van der Waals surface area (Å²) in [5, 5.41) is 45.1. The first-order valence-corrected chi connectivity index (χ1v) is 16.3. The van der Waals surface area contributed by atoms with Crippen LogP contribution in [0, 0.1) is 28.6 Å². The largest absolute Gasteiger partial charge is 0.504 e. The van der Waals surface area contributed by atoms with Gasteiger partial charge in [-0.05, 0) is 85.5 Å². The van der Waals surface area contributed by atoms with Crippen molar-refractivity contribution in [3.63, 3.8) is 0 Å². The number of Topliss-reactive ketones (excluding diaryl/α,β-unsaturated/α-hetero) is 1. The molecule has 0 saturated heterocycles. The highest BCUT2D eigenvalue weighted by atomic mass is 16.5. The number of amides is 1. The van der Waals surface area contributed by atoms with Gasteiger partial charge in [0.25, 0.3) is 0 Å². The first-order valence-electron chi connectivity index (χ1n) is 16.3. The minimum Gasteiger partial charge on any atom is -0.504 e. The van der Waals surface area contributed by atoms with Crippen LogP contribution in [0.2, 0.25) is 0 Å². The van der Waals surface area contributed by atoms with Crippen LogP contribution in [0.25, 0.3) is 0 Å². The minimum absolute atomic E-state index is 0.0199. The Bertz CT molecular complexity index is 1490. The number of fused-ring (bicyclic) bond motifs is 5. The second-order valence-electron chi connectivity index (χ2n) is 14.2. The molecule has 5 rings (SSSR count). The van der Waals surface area contributed by atoms with Crippen molar-refractivity contribution in [2.45, 2.75) is 95.8 Å². The molecule has 1 amide bonds. The summed E-state index contributed by atoms with van der Waals surface area (Å²) in [5.41, 5.74) is -1.47. The summed E-state index contributed by atoms with van der Waals surface area (Å²) in [6.07, 6.45) is 3.87. The van der Waals surface area contributed by atoms with Gasteiger partial charge in [-0.1, -0.05) is 25.5 Å². The SMILES string of the molecule is COC(=O)C(Cc1ccc(O)c(O)c1)NC(=O)CCC(=O)OCC(=O)[C@@]1(O)CCC2C3CCC4=CC(=O)CC[C@]4(C)C3C(O)C[C@@]21C. The molecule has 4 aliphatic carbocycles. The average molecular weight is 656 g/mol. The zero-order valence-electron chi connectivity index (χ0n) is 27.1. The number of aliphatic hydroxyl groups is 2. The molecule has 12 nitrogen and oxygen atoms in total. The number of ketones is 2. The van der Waals surface area contributed by atoms with Crippen molar-refractivity contribution >= 4 is 29.4 Å². The number of ether oxygens (including phenoxy) is 2. The van der Waals surface area contributed by atoms with E-state index in [4.69, 9.17) is 9.47 Å². The van der Waals surface area contributed by atoms with E-state index in [-0.39, 0.29) is 72.6 Å². The van der Waals surface area contributed by atoms with Crippen LogP contribution in [-0.4, -0.2) is 81.3 Å². The first kappa shape index (κ1) is 34.6. The van der Waals surface area contributed by atoms with E-state index in [0.717, 1.165) is 25.5 Å². The van der Waals surface area contributed by atoms with Gasteiger partial charge in [0.1, 0.15) is 11.6 Å². The lowest BCUT2D eigenvalue weighted by Gasteiger charge is -2.60. The number of phenols is 2. The summed E-state index contributed by atoms with van der Waals surface area (Å²) in [6, 6.07) is 2.85. The summed E-state index contributed by atoms with van der Waals surface area (Å²) in [7, 11) is 1.15. The van der Waals surface area contributed by atoms with E-state index in [2.05, 4.69) is 12.2 Å². The molecule has 0 spiro atoms. The summed E-state index contributed by atoms with van der Waals surface area (Å²) in [5.74, 6) is -3.47. The van der Waals surface area contributed by atoms with Gasteiger partial charge in [-0.2, -0.15) is 0 Å². The third-order valence-corrected chi connectivity index (χ3v) is 11.7. The van der Waals surface area contributed by atoms with Crippen LogP contribution in [0.15, 0.2) is 29.8 Å². The summed E-state index contributed by atoms with van der Waals surface area (Å²) in [4.78, 5) is 63.1. The number of hydrogen-bond acceptors (Lipinski definition) is 11. The number of aliphatic hydroxyl groups excluding tert-OH is 1. The number of rotatable bonds is 10. The molecule has 1 aromatic rings. The van der Waals surface area contributed by atoms with Crippen LogP contribution < -0.4 is 5.32 Å². The van der Waals surface area contributed by atoms with Crippen LogP contribution in [0.5, 0.6) is 11.5 Å². The third-order valence-electron chi connectivity index (χ3n) is 11.7. The van der Waals surface area contributed by atoms with Gasteiger partial charge in [-0.25, -0.2) is 4.79 Å². The quantitative estimate of drug-likeness (QED) is 0.183. The maximum absolute atomic E-state index is 13.5. The van der Waals surface area contributed by atoms with E-state index < -0.39 is 53.4 Å². The highest BCUT2D eigenvalue weighted by Crippen LogP contribution is 2.67. The maximum atomic E-state index is 13.5. The molecule has 8 atom stereocenters. The predicted octanol–water partition coefficient (Wildman–Crippen LogP) is 2.42. The highest BCUT2D eigenvalue weighted by molar-refractivity contribution is 5.92. The molecule has 5 N–H and O–H groups in total. The number of carbonyl (C=O) groups is 5. The number of esters is 2. The van der Waals surface area contributed by atoms with E-state index in [1.807, 2.05) is 6.92 Å². The van der Waals surface area contributed by atoms with Crippen LogP contribution >= 0.6 is 0 Å². The molecule has 0 aliphatic heterocycles. The number of phenolic OH excluding ortho intramolecular Hbond substituents is 2. The summed E-state index contributed by atoms with van der Waals surface area (Å²) >= 11 is 0. The third kappa shape index (κ3) is 6.29. The molecule has 3 fully saturated rings. The molecular formula is C35H45NO11. The number of carbonyl (C=O) groups excluding carboxylic acids is 5. The molecule has 4 aliphatic rings. The van der Waals surface area contributed by atoms with Gasteiger partial charge in [0.05, 0.1) is 19.6 Å². The topological polar surface area (TPSA) is 197 Å². The van der Waals surface area contributed by atoms with Gasteiger partial charge in [0.15, 0.2) is 23.9 Å². The maximum Gasteiger partial charge on any atom is 0.328 e. The Balaban J connectivity index is 1.16. The molecule has 47 heavy (non-hydrogen) atoms. The van der Waals surface area contributed by atoms with Crippen LogP contribution in [0.4, 0.5) is 0 Å².